The molecule has 3 rings (SSSR count). The van der Waals surface area contributed by atoms with Crippen LogP contribution in [0.4, 0.5) is 16.2 Å². The molecule has 0 unspecified atom stereocenters. The average Bonchev–Trinajstić information content (AvgIpc) is 3.13. The van der Waals surface area contributed by atoms with Crippen molar-refractivity contribution < 1.29 is 14.1 Å². The molecule has 27 heavy (non-hydrogen) atoms. The maximum absolute atomic E-state index is 12.0. The van der Waals surface area contributed by atoms with Crippen molar-refractivity contribution in [3.63, 3.8) is 0 Å². The molecule has 0 fully saturated rings. The van der Waals surface area contributed by atoms with E-state index in [-0.39, 0.29) is 5.69 Å². The maximum Gasteiger partial charge on any atom is 0.319 e. The summed E-state index contributed by atoms with van der Waals surface area (Å²) in [6.07, 6.45) is 2.06. The highest BCUT2D eigenvalue weighted by atomic mass is 16.6. The van der Waals surface area contributed by atoms with Gasteiger partial charge in [0.2, 0.25) is 5.89 Å². The molecule has 0 saturated heterocycles. The minimum absolute atomic E-state index is 0.0381. The van der Waals surface area contributed by atoms with Gasteiger partial charge in [0.1, 0.15) is 6.26 Å². The van der Waals surface area contributed by atoms with Gasteiger partial charge < -0.3 is 15.1 Å². The van der Waals surface area contributed by atoms with Crippen LogP contribution in [0.25, 0.3) is 11.5 Å². The summed E-state index contributed by atoms with van der Waals surface area (Å²) in [5, 5.41) is 16.2. The summed E-state index contributed by atoms with van der Waals surface area (Å²) in [4.78, 5) is 26.8. The number of nitrogens with zero attached hydrogens (tertiary/aromatic N) is 2. The third-order valence-corrected chi connectivity index (χ3v) is 3.90. The van der Waals surface area contributed by atoms with E-state index in [4.69, 9.17) is 4.42 Å². The molecule has 8 heteroatoms. The zero-order valence-corrected chi connectivity index (χ0v) is 14.6. The largest absolute Gasteiger partial charge is 0.444 e. The number of nitrogens with one attached hydrogen (secondary N) is 2. The zero-order chi connectivity index (χ0) is 19.2. The molecule has 0 aliphatic rings. The lowest BCUT2D eigenvalue weighted by molar-refractivity contribution is -0.385. The highest BCUT2D eigenvalue weighted by molar-refractivity contribution is 5.89. The number of hydrogen-bond acceptors (Lipinski definition) is 5. The molecule has 8 nitrogen and oxygen atoms in total. The summed E-state index contributed by atoms with van der Waals surface area (Å²) in [5.41, 5.74) is 2.46. The topological polar surface area (TPSA) is 110 Å². The van der Waals surface area contributed by atoms with E-state index in [0.29, 0.717) is 30.1 Å². The van der Waals surface area contributed by atoms with Crippen molar-refractivity contribution >= 4 is 17.4 Å². The third kappa shape index (κ3) is 4.69. The minimum atomic E-state index is -0.479. The summed E-state index contributed by atoms with van der Waals surface area (Å²) >= 11 is 0. The Morgan fingerprint density at radius 2 is 2.00 bits per heavy atom. The van der Waals surface area contributed by atoms with Crippen molar-refractivity contribution in [2.75, 3.05) is 11.9 Å². The number of benzene rings is 2. The quantitative estimate of drug-likeness (QED) is 0.507. The molecule has 1 heterocycles. The normalized spacial score (nSPS) is 10.4. The Morgan fingerprint density at radius 1 is 1.22 bits per heavy atom. The fourth-order valence-electron chi connectivity index (χ4n) is 2.50. The second-order valence-electron chi connectivity index (χ2n) is 5.90. The van der Waals surface area contributed by atoms with Gasteiger partial charge in [-0.1, -0.05) is 24.3 Å². The van der Waals surface area contributed by atoms with E-state index in [1.807, 2.05) is 30.3 Å². The first-order valence-corrected chi connectivity index (χ1v) is 8.32. The van der Waals surface area contributed by atoms with Gasteiger partial charge in [0.15, 0.2) is 0 Å². The number of aromatic nitrogens is 1. The second kappa shape index (κ2) is 8.13. The number of nitro groups is 1. The molecule has 0 bridgehead atoms. The van der Waals surface area contributed by atoms with Gasteiger partial charge in [-0.15, -0.1) is 0 Å². The van der Waals surface area contributed by atoms with Crippen molar-refractivity contribution in [2.24, 2.45) is 0 Å². The number of carbonyl (C=O) groups excluding carboxylic acids is 1. The van der Waals surface area contributed by atoms with E-state index >= 15 is 0 Å². The lowest BCUT2D eigenvalue weighted by Gasteiger charge is -2.07. The molecular formula is C19H18N4O4. The van der Waals surface area contributed by atoms with Gasteiger partial charge in [0, 0.05) is 35.8 Å². The first-order valence-electron chi connectivity index (χ1n) is 8.32. The van der Waals surface area contributed by atoms with Gasteiger partial charge in [0.05, 0.1) is 10.6 Å². The fourth-order valence-corrected chi connectivity index (χ4v) is 2.50. The van der Waals surface area contributed by atoms with E-state index in [1.165, 1.54) is 6.07 Å². The number of anilines is 1. The highest BCUT2D eigenvalue weighted by Crippen LogP contribution is 2.22. The molecule has 0 spiro atoms. The van der Waals surface area contributed by atoms with Crippen LogP contribution in [0.15, 0.2) is 59.2 Å². The molecule has 138 valence electrons. The Kier molecular flexibility index (Phi) is 5.46. The first kappa shape index (κ1) is 18.1. The van der Waals surface area contributed by atoms with Gasteiger partial charge in [-0.2, -0.15) is 0 Å². The number of rotatable bonds is 6. The second-order valence-corrected chi connectivity index (χ2v) is 5.90. The van der Waals surface area contributed by atoms with Crippen LogP contribution >= 0.6 is 0 Å². The van der Waals surface area contributed by atoms with Gasteiger partial charge in [-0.25, -0.2) is 9.78 Å². The highest BCUT2D eigenvalue weighted by Gasteiger charge is 2.12. The van der Waals surface area contributed by atoms with Gasteiger partial charge >= 0.3 is 6.03 Å². The zero-order valence-electron chi connectivity index (χ0n) is 14.6. The summed E-state index contributed by atoms with van der Waals surface area (Å²) in [7, 11) is 0. The predicted octanol–water partition coefficient (Wildman–Crippen LogP) is 3.92. The molecule has 3 aromatic rings. The Bertz CT molecular complexity index is 953. The molecule has 0 aliphatic carbocycles. The molecule has 1 aromatic heterocycles. The van der Waals surface area contributed by atoms with Gasteiger partial charge in [0.25, 0.3) is 5.69 Å². The first-order chi connectivity index (χ1) is 13.0. The third-order valence-electron chi connectivity index (χ3n) is 3.90. The number of carbonyl (C=O) groups is 1. The standard InChI is InChI=1S/C19H18N4O4/c1-13-7-8-15(11-17(13)23(25)26)22-19(24)20-10-9-16-12-27-18(21-16)14-5-3-2-4-6-14/h2-8,11-12H,9-10H2,1H3,(H2,20,22,24). The molecule has 0 saturated carbocycles. The number of oxazole rings is 1. The molecule has 2 N–H and O–H groups in total. The van der Waals surface area contributed by atoms with E-state index < -0.39 is 11.0 Å². The Morgan fingerprint density at radius 3 is 2.74 bits per heavy atom. The number of amides is 2. The van der Waals surface area contributed by atoms with E-state index in [0.717, 1.165) is 11.3 Å². The predicted molar refractivity (Wildman–Crippen MR) is 100 cm³/mol. The van der Waals surface area contributed by atoms with E-state index in [2.05, 4.69) is 15.6 Å². The molecule has 2 aromatic carbocycles. The summed E-state index contributed by atoms with van der Waals surface area (Å²) in [6, 6.07) is 13.6. The lowest BCUT2D eigenvalue weighted by atomic mass is 10.2. The maximum atomic E-state index is 12.0. The van der Waals surface area contributed by atoms with Crippen molar-refractivity contribution in [3.8, 4) is 11.5 Å². The Balaban J connectivity index is 1.51. The monoisotopic (exact) mass is 366 g/mol. The molecule has 0 atom stereocenters. The van der Waals surface area contributed by atoms with Crippen LogP contribution in [0.1, 0.15) is 11.3 Å². The fraction of sp³-hybridized carbons (Fsp3) is 0.158. The SMILES string of the molecule is Cc1ccc(NC(=O)NCCc2coc(-c3ccccc3)n2)cc1[N+](=O)[O-]. The summed E-state index contributed by atoms with van der Waals surface area (Å²) < 4.78 is 5.45. The van der Waals surface area contributed by atoms with Gasteiger partial charge in [-0.3, -0.25) is 10.1 Å². The van der Waals surface area contributed by atoms with Gasteiger partial charge in [-0.05, 0) is 25.1 Å². The van der Waals surface area contributed by atoms with Crippen LogP contribution in [0.3, 0.4) is 0 Å². The Labute approximate surface area is 155 Å². The van der Waals surface area contributed by atoms with Crippen molar-refractivity contribution in [2.45, 2.75) is 13.3 Å². The van der Waals surface area contributed by atoms with Crippen LogP contribution in [0.5, 0.6) is 0 Å². The number of nitro benzene ring substituents is 1. The van der Waals surface area contributed by atoms with Crippen LogP contribution in [0, 0.1) is 17.0 Å². The van der Waals surface area contributed by atoms with Crippen LogP contribution in [-0.2, 0) is 6.42 Å². The minimum Gasteiger partial charge on any atom is -0.444 e. The molecule has 0 aliphatic heterocycles. The van der Waals surface area contributed by atoms with E-state index in [9.17, 15) is 14.9 Å². The smallest absolute Gasteiger partial charge is 0.319 e. The van der Waals surface area contributed by atoms with Crippen LogP contribution < -0.4 is 10.6 Å². The van der Waals surface area contributed by atoms with Crippen molar-refractivity contribution in [1.82, 2.24) is 10.3 Å². The molecular weight excluding hydrogens is 348 g/mol. The lowest BCUT2D eigenvalue weighted by Crippen LogP contribution is -2.30. The van der Waals surface area contributed by atoms with Crippen LogP contribution in [-0.4, -0.2) is 22.5 Å². The molecule has 2 amide bonds. The number of urea groups is 1. The number of aryl methyl sites for hydroxylation is 1. The van der Waals surface area contributed by atoms with Crippen LogP contribution in [0.2, 0.25) is 0 Å². The summed E-state index contributed by atoms with van der Waals surface area (Å²) in [5.74, 6) is 0.530. The van der Waals surface area contributed by atoms with E-state index in [1.54, 1.807) is 25.3 Å². The van der Waals surface area contributed by atoms with Crippen molar-refractivity contribution in [3.05, 3.63) is 76.2 Å². The molecule has 0 radical (unpaired) electrons. The van der Waals surface area contributed by atoms with Crippen molar-refractivity contribution in [1.29, 1.82) is 0 Å². The summed E-state index contributed by atoms with van der Waals surface area (Å²) in [6.45, 7) is 1.99. The number of hydrogen-bond donors (Lipinski definition) is 2. The Hall–Kier alpha value is -3.68. The average molecular weight is 366 g/mol.